The molecule has 0 aliphatic heterocycles. The highest BCUT2D eigenvalue weighted by molar-refractivity contribution is 6.15. The van der Waals surface area contributed by atoms with Crippen molar-refractivity contribution in [2.75, 3.05) is 0 Å². The Labute approximate surface area is 200 Å². The van der Waals surface area contributed by atoms with Gasteiger partial charge in [0.2, 0.25) is 0 Å². The fourth-order valence-electron chi connectivity index (χ4n) is 6.01. The second kappa shape index (κ2) is 10.1. The number of fused-ring (bicyclic) bond motifs is 2. The zero-order valence-electron chi connectivity index (χ0n) is 20.0. The summed E-state index contributed by atoms with van der Waals surface area (Å²) in [6, 6.07) is 12.8. The fourth-order valence-corrected chi connectivity index (χ4v) is 6.01. The molecule has 1 heteroatoms. The van der Waals surface area contributed by atoms with Crippen LogP contribution in [0.15, 0.2) is 60.2 Å². The Morgan fingerprint density at radius 3 is 2.64 bits per heavy atom. The number of hydrogen-bond donors (Lipinski definition) is 0. The van der Waals surface area contributed by atoms with Crippen molar-refractivity contribution in [3.63, 3.8) is 0 Å². The van der Waals surface area contributed by atoms with E-state index in [1.807, 2.05) is 0 Å². The molecule has 2 aromatic rings. The standard InChI is InChI=1S/C32H36O.H2/c1-2-24-19-20-30-31(29(24)16-9-7-13-23-11-5-3-4-6-12-23)22-27(32(30)33)21-26-18-17-25-14-8-10-15-28(25)26;/h8-10,14-16,18-21,23H,2-7,11-13,17,22H2,1H3;1H/b16-9-,27-21+;. The first-order valence-electron chi connectivity index (χ1n) is 13.1. The molecule has 0 radical (unpaired) electrons. The molecule has 0 heterocycles. The largest absolute Gasteiger partial charge is 0.289 e. The summed E-state index contributed by atoms with van der Waals surface area (Å²) in [5, 5.41) is 0. The van der Waals surface area contributed by atoms with Gasteiger partial charge in [0, 0.05) is 19.0 Å². The van der Waals surface area contributed by atoms with Crippen LogP contribution in [0.4, 0.5) is 0 Å². The molecule has 3 aliphatic rings. The lowest BCUT2D eigenvalue weighted by Gasteiger charge is -2.12. The van der Waals surface area contributed by atoms with Gasteiger partial charge in [-0.15, -0.1) is 0 Å². The van der Waals surface area contributed by atoms with E-state index < -0.39 is 0 Å². The normalized spacial score (nSPS) is 19.7. The number of Topliss-reactive ketones (excluding diaryl/α,β-unsaturated/α-hetero) is 1. The molecule has 5 rings (SSSR count). The maximum Gasteiger partial charge on any atom is 0.189 e. The lowest BCUT2D eigenvalue weighted by molar-refractivity contribution is 0.103. The van der Waals surface area contributed by atoms with E-state index in [0.29, 0.717) is 0 Å². The number of carbonyl (C=O) groups excluding carboxylic acids is 1. The van der Waals surface area contributed by atoms with Crippen molar-refractivity contribution >= 4 is 17.4 Å². The van der Waals surface area contributed by atoms with Gasteiger partial charge in [-0.3, -0.25) is 4.79 Å². The molecule has 0 amide bonds. The summed E-state index contributed by atoms with van der Waals surface area (Å²) in [5.74, 6) is 1.12. The molecule has 0 unspecified atom stereocenters. The summed E-state index contributed by atoms with van der Waals surface area (Å²) in [6.07, 6.45) is 22.8. The van der Waals surface area contributed by atoms with Crippen molar-refractivity contribution in [1.29, 1.82) is 0 Å². The molecule has 1 saturated carbocycles. The molecule has 1 nitrogen and oxygen atoms in total. The van der Waals surface area contributed by atoms with Crippen LogP contribution in [0.1, 0.15) is 97.9 Å². The van der Waals surface area contributed by atoms with E-state index in [0.717, 1.165) is 42.7 Å². The fraction of sp³-hybridized carbons (Fsp3) is 0.406. The molecule has 0 saturated heterocycles. The van der Waals surface area contributed by atoms with Gasteiger partial charge in [-0.1, -0.05) is 100 Å². The summed E-state index contributed by atoms with van der Waals surface area (Å²) < 4.78 is 0. The topological polar surface area (TPSA) is 17.1 Å². The molecule has 3 aliphatic carbocycles. The zero-order valence-corrected chi connectivity index (χ0v) is 20.0. The Bertz CT molecular complexity index is 1130. The van der Waals surface area contributed by atoms with Crippen LogP contribution in [0.25, 0.3) is 11.6 Å². The Morgan fingerprint density at radius 2 is 1.82 bits per heavy atom. The SMILES string of the molecule is CCc1ccc2c(c1/C=C\CCC1CCCCCC1)C/C(=C\C1=CCc3ccccc31)C2=O.[HH]. The molecule has 1 fully saturated rings. The van der Waals surface area contributed by atoms with E-state index >= 15 is 0 Å². The summed E-state index contributed by atoms with van der Waals surface area (Å²) in [4.78, 5) is 13.3. The van der Waals surface area contributed by atoms with Crippen molar-refractivity contribution < 1.29 is 6.22 Å². The number of ketones is 1. The minimum atomic E-state index is 0. The molecule has 0 atom stereocenters. The highest BCUT2D eigenvalue weighted by Gasteiger charge is 2.28. The van der Waals surface area contributed by atoms with Crippen LogP contribution in [-0.4, -0.2) is 5.78 Å². The van der Waals surface area contributed by atoms with Gasteiger partial charge in [-0.05, 0) is 71.1 Å². The quantitative estimate of drug-likeness (QED) is 0.326. The number of allylic oxidation sites excluding steroid dienone is 5. The zero-order chi connectivity index (χ0) is 22.6. The van der Waals surface area contributed by atoms with E-state index in [4.69, 9.17) is 0 Å². The Hall–Kier alpha value is -2.67. The van der Waals surface area contributed by atoms with E-state index in [-0.39, 0.29) is 7.21 Å². The van der Waals surface area contributed by atoms with Gasteiger partial charge in [0.1, 0.15) is 0 Å². The van der Waals surface area contributed by atoms with Gasteiger partial charge in [-0.2, -0.15) is 0 Å². The van der Waals surface area contributed by atoms with Crippen molar-refractivity contribution in [3.05, 3.63) is 93.6 Å². The lowest BCUT2D eigenvalue weighted by Crippen LogP contribution is -1.98. The monoisotopic (exact) mass is 438 g/mol. The molecule has 0 N–H and O–H groups in total. The average molecular weight is 439 g/mol. The predicted octanol–water partition coefficient (Wildman–Crippen LogP) is 8.56. The summed E-state index contributed by atoms with van der Waals surface area (Å²) in [7, 11) is 0. The summed E-state index contributed by atoms with van der Waals surface area (Å²) in [5.41, 5.74) is 9.59. The molecule has 0 bridgehead atoms. The first-order valence-corrected chi connectivity index (χ1v) is 13.1. The number of rotatable bonds is 6. The maximum atomic E-state index is 13.3. The predicted molar refractivity (Wildman–Crippen MR) is 142 cm³/mol. The molecule has 0 spiro atoms. The maximum absolute atomic E-state index is 13.3. The van der Waals surface area contributed by atoms with Gasteiger partial charge in [0.25, 0.3) is 0 Å². The lowest BCUT2D eigenvalue weighted by atomic mass is 9.93. The third kappa shape index (κ3) is 4.69. The van der Waals surface area contributed by atoms with E-state index in [1.54, 1.807) is 0 Å². The Morgan fingerprint density at radius 1 is 1.00 bits per heavy atom. The van der Waals surface area contributed by atoms with Gasteiger partial charge in [0.05, 0.1) is 0 Å². The van der Waals surface area contributed by atoms with Crippen LogP contribution in [-0.2, 0) is 19.3 Å². The first kappa shape index (κ1) is 22.1. The van der Waals surface area contributed by atoms with Gasteiger partial charge < -0.3 is 0 Å². The van der Waals surface area contributed by atoms with Gasteiger partial charge in [-0.25, -0.2) is 0 Å². The van der Waals surface area contributed by atoms with E-state index in [2.05, 4.69) is 67.6 Å². The third-order valence-electron chi connectivity index (χ3n) is 7.93. The smallest absolute Gasteiger partial charge is 0.189 e. The molecular formula is C32H38O. The number of carbonyl (C=O) groups is 1. The molecule has 33 heavy (non-hydrogen) atoms. The van der Waals surface area contributed by atoms with Crippen LogP contribution >= 0.6 is 0 Å². The van der Waals surface area contributed by atoms with Crippen molar-refractivity contribution in [3.8, 4) is 0 Å². The van der Waals surface area contributed by atoms with Crippen LogP contribution in [0, 0.1) is 5.92 Å². The van der Waals surface area contributed by atoms with Crippen molar-refractivity contribution in [2.45, 2.75) is 77.6 Å². The van der Waals surface area contributed by atoms with Crippen LogP contribution in [0.2, 0.25) is 0 Å². The van der Waals surface area contributed by atoms with Gasteiger partial charge >= 0.3 is 0 Å². The highest BCUT2D eigenvalue weighted by atomic mass is 16.1. The molecule has 2 aromatic carbocycles. The molecule has 172 valence electrons. The summed E-state index contributed by atoms with van der Waals surface area (Å²) in [6.45, 7) is 2.22. The van der Waals surface area contributed by atoms with Crippen LogP contribution < -0.4 is 0 Å². The highest BCUT2D eigenvalue weighted by Crippen LogP contribution is 2.36. The van der Waals surface area contributed by atoms with E-state index in [9.17, 15) is 4.79 Å². The Kier molecular flexibility index (Phi) is 6.76. The van der Waals surface area contributed by atoms with Crippen LogP contribution in [0.5, 0.6) is 0 Å². The molecular weight excluding hydrogens is 400 g/mol. The Balaban J connectivity index is 0.00000274. The van der Waals surface area contributed by atoms with Crippen LogP contribution in [0.3, 0.4) is 0 Å². The van der Waals surface area contributed by atoms with Gasteiger partial charge in [0.15, 0.2) is 5.78 Å². The first-order chi connectivity index (χ1) is 16.2. The minimum Gasteiger partial charge on any atom is -0.289 e. The second-order valence-corrected chi connectivity index (χ2v) is 10.1. The summed E-state index contributed by atoms with van der Waals surface area (Å²) >= 11 is 0. The van der Waals surface area contributed by atoms with Crippen molar-refractivity contribution in [1.82, 2.24) is 0 Å². The van der Waals surface area contributed by atoms with E-state index in [1.165, 1.54) is 78.3 Å². The minimum absolute atomic E-state index is 0. The number of hydrogen-bond acceptors (Lipinski definition) is 1. The van der Waals surface area contributed by atoms with Crippen molar-refractivity contribution in [2.24, 2.45) is 5.92 Å². The average Bonchev–Trinajstić information content (AvgIpc) is 3.27. The second-order valence-electron chi connectivity index (χ2n) is 10.1. The molecule has 0 aromatic heterocycles. The third-order valence-corrected chi connectivity index (χ3v) is 7.93. The number of benzene rings is 2. The number of aryl methyl sites for hydroxylation is 1.